The first-order valence-electron chi connectivity index (χ1n) is 8.72. The molecule has 3 rings (SSSR count). The van der Waals surface area contributed by atoms with Gasteiger partial charge in [0.05, 0.1) is 36.8 Å². The third-order valence-corrected chi connectivity index (χ3v) is 4.23. The number of benzene rings is 1. The van der Waals surface area contributed by atoms with Crippen LogP contribution in [0.3, 0.4) is 0 Å². The summed E-state index contributed by atoms with van der Waals surface area (Å²) in [6.45, 7) is 2.37. The van der Waals surface area contributed by atoms with E-state index in [-0.39, 0.29) is 24.2 Å². The van der Waals surface area contributed by atoms with Crippen molar-refractivity contribution in [1.82, 2.24) is 15.3 Å². The summed E-state index contributed by atoms with van der Waals surface area (Å²) in [6.07, 6.45) is 2.43. The van der Waals surface area contributed by atoms with Crippen LogP contribution in [0.4, 0.5) is 16.3 Å². The third kappa shape index (κ3) is 5.68. The summed E-state index contributed by atoms with van der Waals surface area (Å²) in [5, 5.41) is 17.5. The van der Waals surface area contributed by atoms with Gasteiger partial charge in [-0.15, -0.1) is 0 Å². The Balaban J connectivity index is 1.70. The number of morpholine rings is 1. The Hall–Kier alpha value is -3.13. The molecule has 3 N–H and O–H groups in total. The van der Waals surface area contributed by atoms with Crippen LogP contribution in [0.1, 0.15) is 5.69 Å². The fraction of sp³-hybridized carbons (Fsp3) is 0.333. The Bertz CT molecular complexity index is 896. The number of nitrogens with zero attached hydrogens (tertiary/aromatic N) is 3. The number of urea groups is 1. The molecular weight excluding hydrogens is 400 g/mol. The number of amides is 2. The Kier molecular flexibility index (Phi) is 7.02. The lowest BCUT2D eigenvalue weighted by Gasteiger charge is -2.24. The van der Waals surface area contributed by atoms with Crippen LogP contribution in [0.25, 0.3) is 0 Å². The van der Waals surface area contributed by atoms with E-state index < -0.39 is 6.03 Å². The van der Waals surface area contributed by atoms with Gasteiger partial charge < -0.3 is 24.8 Å². The quantitative estimate of drug-likeness (QED) is 0.649. The maximum atomic E-state index is 12.3. The molecule has 2 aromatic rings. The van der Waals surface area contributed by atoms with Crippen molar-refractivity contribution < 1.29 is 19.0 Å². The second-order valence-electron chi connectivity index (χ2n) is 5.97. The number of ether oxygens (including phenoxy) is 3. The number of nitriles is 1. The lowest BCUT2D eigenvalue weighted by molar-refractivity contribution is 0.000316. The van der Waals surface area contributed by atoms with Gasteiger partial charge in [0.15, 0.2) is 11.5 Å². The van der Waals surface area contributed by atoms with Gasteiger partial charge in [-0.3, -0.25) is 5.32 Å². The smallest absolute Gasteiger partial charge is 0.325 e. The molecule has 1 aromatic heterocycles. The fourth-order valence-corrected chi connectivity index (χ4v) is 2.78. The van der Waals surface area contributed by atoms with Gasteiger partial charge in [-0.25, -0.2) is 14.8 Å². The Morgan fingerprint density at radius 2 is 2.24 bits per heavy atom. The van der Waals surface area contributed by atoms with E-state index in [4.69, 9.17) is 31.1 Å². The number of rotatable bonds is 6. The summed E-state index contributed by atoms with van der Waals surface area (Å²) in [7, 11) is 1.49. The highest BCUT2D eigenvalue weighted by molar-refractivity contribution is 6.32. The lowest BCUT2D eigenvalue weighted by atomic mass is 10.2. The van der Waals surface area contributed by atoms with Gasteiger partial charge in [0, 0.05) is 19.2 Å². The van der Waals surface area contributed by atoms with Crippen LogP contribution >= 0.6 is 11.6 Å². The molecule has 1 saturated heterocycles. The zero-order valence-corrected chi connectivity index (χ0v) is 16.3. The molecule has 0 bridgehead atoms. The summed E-state index contributed by atoms with van der Waals surface area (Å²) < 4.78 is 16.7. The topological polar surface area (TPSA) is 130 Å². The number of hydrogen-bond acceptors (Lipinski definition) is 8. The fourth-order valence-electron chi connectivity index (χ4n) is 2.54. The summed E-state index contributed by atoms with van der Waals surface area (Å²) >= 11 is 6.19. The lowest BCUT2D eigenvalue weighted by Crippen LogP contribution is -2.41. The van der Waals surface area contributed by atoms with E-state index in [0.29, 0.717) is 35.4 Å². The van der Waals surface area contributed by atoms with Crippen molar-refractivity contribution in [2.24, 2.45) is 0 Å². The van der Waals surface area contributed by atoms with Crippen molar-refractivity contribution in [3.63, 3.8) is 0 Å². The number of carbonyl (C=O) groups is 1. The molecule has 1 aliphatic heterocycles. The Labute approximate surface area is 172 Å². The van der Waals surface area contributed by atoms with Gasteiger partial charge in [0.1, 0.15) is 30.3 Å². The molecule has 152 valence electrons. The predicted octanol–water partition coefficient (Wildman–Crippen LogP) is 2.02. The van der Waals surface area contributed by atoms with Gasteiger partial charge in [-0.1, -0.05) is 11.6 Å². The van der Waals surface area contributed by atoms with E-state index >= 15 is 0 Å². The molecule has 1 aliphatic rings. The third-order valence-electron chi connectivity index (χ3n) is 3.94. The second-order valence-corrected chi connectivity index (χ2v) is 6.38. The molecule has 1 aromatic carbocycles. The summed E-state index contributed by atoms with van der Waals surface area (Å²) in [5.74, 6) is 0.972. The van der Waals surface area contributed by atoms with E-state index in [1.54, 1.807) is 6.07 Å². The van der Waals surface area contributed by atoms with E-state index in [2.05, 4.69) is 25.9 Å². The second kappa shape index (κ2) is 9.88. The minimum atomic E-state index is -0.578. The van der Waals surface area contributed by atoms with Gasteiger partial charge in [0.25, 0.3) is 0 Å². The maximum absolute atomic E-state index is 12.3. The molecule has 0 aliphatic carbocycles. The van der Waals surface area contributed by atoms with E-state index in [1.165, 1.54) is 25.6 Å². The minimum Gasteiger partial charge on any atom is -0.495 e. The Morgan fingerprint density at radius 1 is 1.38 bits per heavy atom. The van der Waals surface area contributed by atoms with Crippen LogP contribution in [0.5, 0.6) is 11.5 Å². The molecule has 1 unspecified atom stereocenters. The zero-order valence-electron chi connectivity index (χ0n) is 15.6. The molecule has 1 fully saturated rings. The number of methoxy groups -OCH3 is 1. The molecule has 11 heteroatoms. The van der Waals surface area contributed by atoms with E-state index in [1.807, 2.05) is 6.07 Å². The van der Waals surface area contributed by atoms with Crippen LogP contribution in [0.2, 0.25) is 5.02 Å². The van der Waals surface area contributed by atoms with E-state index in [0.717, 1.165) is 6.54 Å². The average Bonchev–Trinajstić information content (AvgIpc) is 2.74. The number of carbonyl (C=O) groups excluding carboxylic acids is 1. The molecule has 10 nitrogen and oxygen atoms in total. The highest BCUT2D eigenvalue weighted by atomic mass is 35.5. The Morgan fingerprint density at radius 3 is 2.90 bits per heavy atom. The predicted molar refractivity (Wildman–Crippen MR) is 105 cm³/mol. The van der Waals surface area contributed by atoms with Gasteiger partial charge in [-0.2, -0.15) is 5.26 Å². The monoisotopic (exact) mass is 418 g/mol. The van der Waals surface area contributed by atoms with Crippen LogP contribution in [-0.2, 0) is 4.74 Å². The first kappa shape index (κ1) is 20.6. The number of anilines is 2. The molecule has 1 atom stereocenters. The van der Waals surface area contributed by atoms with Gasteiger partial charge in [0.2, 0.25) is 0 Å². The molecule has 0 spiro atoms. The number of halogens is 1. The summed E-state index contributed by atoms with van der Waals surface area (Å²) in [4.78, 5) is 20.1. The van der Waals surface area contributed by atoms with Crippen molar-refractivity contribution in [3.05, 3.63) is 35.2 Å². The molecular formula is C18H19ClN6O4. The van der Waals surface area contributed by atoms with Crippen molar-refractivity contribution >= 4 is 29.1 Å². The van der Waals surface area contributed by atoms with Crippen LogP contribution in [0, 0.1) is 11.3 Å². The van der Waals surface area contributed by atoms with Crippen LogP contribution in [-0.4, -0.2) is 55.5 Å². The first-order chi connectivity index (χ1) is 14.1. The molecule has 29 heavy (non-hydrogen) atoms. The number of hydrogen-bond donors (Lipinski definition) is 3. The zero-order chi connectivity index (χ0) is 20.6. The highest BCUT2D eigenvalue weighted by Crippen LogP contribution is 2.36. The largest absolute Gasteiger partial charge is 0.495 e. The minimum absolute atomic E-state index is 0.110. The average molecular weight is 419 g/mol. The standard InChI is InChI=1S/C18H19ClN6O4/c1-27-15-5-16(29-10-12-8-21-2-3-28-12)14(4-13(15)19)24-18(26)25-17-9-22-11(6-20)7-23-17/h4-5,7,9,12,21H,2-3,8,10H2,1H3,(H2,23,24,25,26). The molecule has 2 heterocycles. The summed E-state index contributed by atoms with van der Waals surface area (Å²) in [5.41, 5.74) is 0.492. The van der Waals surface area contributed by atoms with Crippen molar-refractivity contribution in [1.29, 1.82) is 5.26 Å². The van der Waals surface area contributed by atoms with Crippen LogP contribution in [0.15, 0.2) is 24.5 Å². The maximum Gasteiger partial charge on any atom is 0.325 e. The SMILES string of the molecule is COc1cc(OCC2CNCCO2)c(NC(=O)Nc2cnc(C#N)cn2)cc1Cl. The first-order valence-corrected chi connectivity index (χ1v) is 9.09. The highest BCUT2D eigenvalue weighted by Gasteiger charge is 2.18. The molecule has 0 radical (unpaired) electrons. The normalized spacial score (nSPS) is 15.8. The summed E-state index contributed by atoms with van der Waals surface area (Å²) in [6, 6.07) is 4.40. The van der Waals surface area contributed by atoms with E-state index in [9.17, 15) is 4.79 Å². The van der Waals surface area contributed by atoms with Crippen molar-refractivity contribution in [2.45, 2.75) is 6.10 Å². The molecule has 2 amide bonds. The van der Waals surface area contributed by atoms with Gasteiger partial charge in [-0.05, 0) is 6.07 Å². The number of aromatic nitrogens is 2. The van der Waals surface area contributed by atoms with Crippen molar-refractivity contribution in [2.75, 3.05) is 44.0 Å². The van der Waals surface area contributed by atoms with Crippen LogP contribution < -0.4 is 25.4 Å². The van der Waals surface area contributed by atoms with Gasteiger partial charge >= 0.3 is 6.03 Å². The molecule has 0 saturated carbocycles. The number of nitrogens with one attached hydrogen (secondary N) is 3. The van der Waals surface area contributed by atoms with Crippen molar-refractivity contribution in [3.8, 4) is 17.6 Å².